The number of hydrogen-bond donors (Lipinski definition) is 0. The SMILES string of the molecule is C[C@H]1CN(C(=O)CSc2nnc(-c3cccc(Cl)c3)n2-c2ccc(Cl)c(C(F)(F)F)c2)C[C@H](C)O1. The first-order valence-electron chi connectivity index (χ1n) is 10.7. The summed E-state index contributed by atoms with van der Waals surface area (Å²) < 4.78 is 47.8. The zero-order chi connectivity index (χ0) is 25.3. The summed E-state index contributed by atoms with van der Waals surface area (Å²) in [6.45, 7) is 4.73. The monoisotopic (exact) mass is 544 g/mol. The largest absolute Gasteiger partial charge is 0.417 e. The van der Waals surface area contributed by atoms with Crippen molar-refractivity contribution in [3.63, 3.8) is 0 Å². The van der Waals surface area contributed by atoms with Gasteiger partial charge in [0.2, 0.25) is 5.91 Å². The predicted octanol–water partition coefficient (Wildman–Crippen LogP) is 5.99. The Labute approximate surface area is 214 Å². The molecule has 6 nitrogen and oxygen atoms in total. The summed E-state index contributed by atoms with van der Waals surface area (Å²) in [5, 5.41) is 8.67. The van der Waals surface area contributed by atoms with Crippen LogP contribution < -0.4 is 0 Å². The van der Waals surface area contributed by atoms with E-state index in [1.807, 2.05) is 13.8 Å². The number of thioether (sulfide) groups is 1. The number of carbonyl (C=O) groups is 1. The van der Waals surface area contributed by atoms with Gasteiger partial charge in [-0.15, -0.1) is 10.2 Å². The van der Waals surface area contributed by atoms with Crippen molar-refractivity contribution in [1.29, 1.82) is 0 Å². The van der Waals surface area contributed by atoms with E-state index >= 15 is 0 Å². The third-order valence-corrected chi connectivity index (χ3v) is 6.81. The number of morpholine rings is 1. The summed E-state index contributed by atoms with van der Waals surface area (Å²) in [6.07, 6.45) is -4.81. The molecule has 2 atom stereocenters. The molecule has 12 heteroatoms. The molecule has 0 radical (unpaired) electrons. The average Bonchev–Trinajstić information content (AvgIpc) is 3.20. The predicted molar refractivity (Wildman–Crippen MR) is 129 cm³/mol. The first-order valence-corrected chi connectivity index (χ1v) is 12.4. The summed E-state index contributed by atoms with van der Waals surface area (Å²) in [6, 6.07) is 10.3. The highest BCUT2D eigenvalue weighted by Gasteiger charge is 2.34. The van der Waals surface area contributed by atoms with Crippen LogP contribution in [0.4, 0.5) is 13.2 Å². The minimum atomic E-state index is -4.65. The van der Waals surface area contributed by atoms with Gasteiger partial charge in [-0.1, -0.05) is 47.1 Å². The maximum Gasteiger partial charge on any atom is 0.417 e. The molecule has 2 aromatic carbocycles. The number of carbonyl (C=O) groups excluding carboxylic acids is 1. The Morgan fingerprint density at radius 3 is 2.49 bits per heavy atom. The second-order valence-corrected chi connectivity index (χ2v) is 9.94. The Bertz CT molecular complexity index is 1230. The quantitative estimate of drug-likeness (QED) is 0.369. The van der Waals surface area contributed by atoms with Gasteiger partial charge < -0.3 is 9.64 Å². The molecule has 0 N–H and O–H groups in total. The minimum Gasteiger partial charge on any atom is -0.372 e. The van der Waals surface area contributed by atoms with Crippen molar-refractivity contribution in [1.82, 2.24) is 19.7 Å². The first kappa shape index (κ1) is 25.8. The van der Waals surface area contributed by atoms with Crippen molar-refractivity contribution >= 4 is 40.9 Å². The van der Waals surface area contributed by atoms with Gasteiger partial charge in [0.1, 0.15) is 0 Å². The van der Waals surface area contributed by atoms with E-state index in [1.54, 1.807) is 29.2 Å². The molecule has 0 saturated carbocycles. The number of halogens is 5. The fourth-order valence-electron chi connectivity index (χ4n) is 3.88. The van der Waals surface area contributed by atoms with E-state index in [0.29, 0.717) is 23.7 Å². The summed E-state index contributed by atoms with van der Waals surface area (Å²) in [4.78, 5) is 14.6. The summed E-state index contributed by atoms with van der Waals surface area (Å²) >= 11 is 13.1. The summed E-state index contributed by atoms with van der Waals surface area (Å²) in [7, 11) is 0. The number of nitrogens with zero attached hydrogens (tertiary/aromatic N) is 4. The van der Waals surface area contributed by atoms with Crippen LogP contribution in [0, 0.1) is 0 Å². The standard InChI is InChI=1S/C23H21Cl2F3N4O2S/c1-13-10-31(11-14(2)34-13)20(33)12-35-22-30-29-21(15-4-3-5-16(24)8-15)32(22)17-6-7-19(25)18(9-17)23(26,27)28/h3-9,13-14H,10-12H2,1-2H3/t13-,14-/m0/s1. The lowest BCUT2D eigenvalue weighted by atomic mass is 10.1. The fourth-order valence-corrected chi connectivity index (χ4v) is 5.15. The summed E-state index contributed by atoms with van der Waals surface area (Å²) in [5.41, 5.74) is -0.265. The molecule has 1 amide bonds. The van der Waals surface area contributed by atoms with Crippen LogP contribution in [-0.4, -0.2) is 56.6 Å². The van der Waals surface area contributed by atoms with Gasteiger partial charge in [0, 0.05) is 23.7 Å². The van der Waals surface area contributed by atoms with Crippen LogP contribution >= 0.6 is 35.0 Å². The molecule has 4 rings (SSSR count). The van der Waals surface area contributed by atoms with Crippen molar-refractivity contribution in [2.24, 2.45) is 0 Å². The number of ether oxygens (including phenoxy) is 1. The van der Waals surface area contributed by atoms with Crippen molar-refractivity contribution in [2.45, 2.75) is 37.4 Å². The molecule has 0 unspecified atom stereocenters. The van der Waals surface area contributed by atoms with Crippen LogP contribution in [0.2, 0.25) is 10.0 Å². The summed E-state index contributed by atoms with van der Waals surface area (Å²) in [5.74, 6) is 0.196. The molecule has 186 valence electrons. The van der Waals surface area contributed by atoms with E-state index in [-0.39, 0.29) is 40.5 Å². The topological polar surface area (TPSA) is 60.2 Å². The Kier molecular flexibility index (Phi) is 7.65. The number of amides is 1. The lowest BCUT2D eigenvalue weighted by Crippen LogP contribution is -2.48. The molecule has 0 spiro atoms. The molecule has 0 bridgehead atoms. The highest BCUT2D eigenvalue weighted by molar-refractivity contribution is 7.99. The van der Waals surface area contributed by atoms with E-state index in [4.69, 9.17) is 27.9 Å². The van der Waals surface area contributed by atoms with Gasteiger partial charge in [-0.3, -0.25) is 9.36 Å². The maximum absolute atomic E-state index is 13.6. The molecule has 1 saturated heterocycles. The number of alkyl halides is 3. The lowest BCUT2D eigenvalue weighted by Gasteiger charge is -2.35. The Morgan fingerprint density at radius 1 is 1.11 bits per heavy atom. The zero-order valence-corrected chi connectivity index (χ0v) is 21.0. The molecule has 1 aliphatic rings. The Morgan fingerprint density at radius 2 is 1.83 bits per heavy atom. The third-order valence-electron chi connectivity index (χ3n) is 5.33. The van der Waals surface area contributed by atoms with Gasteiger partial charge in [0.05, 0.1) is 34.2 Å². The van der Waals surface area contributed by atoms with Gasteiger partial charge in [-0.05, 0) is 44.2 Å². The molecule has 35 heavy (non-hydrogen) atoms. The lowest BCUT2D eigenvalue weighted by molar-refractivity contribution is -0.140. The van der Waals surface area contributed by atoms with E-state index in [0.717, 1.165) is 17.8 Å². The first-order chi connectivity index (χ1) is 16.5. The van der Waals surface area contributed by atoms with Crippen molar-refractivity contribution in [3.8, 4) is 17.1 Å². The molecular weight excluding hydrogens is 524 g/mol. The molecule has 0 aliphatic carbocycles. The molecule has 1 fully saturated rings. The van der Waals surface area contributed by atoms with Crippen LogP contribution in [0.1, 0.15) is 19.4 Å². The van der Waals surface area contributed by atoms with Gasteiger partial charge in [-0.25, -0.2) is 0 Å². The van der Waals surface area contributed by atoms with Crippen LogP contribution in [-0.2, 0) is 15.7 Å². The highest BCUT2D eigenvalue weighted by atomic mass is 35.5. The Balaban J connectivity index is 1.70. The van der Waals surface area contributed by atoms with Crippen molar-refractivity contribution in [3.05, 3.63) is 58.1 Å². The van der Waals surface area contributed by atoms with Gasteiger partial charge in [0.25, 0.3) is 0 Å². The van der Waals surface area contributed by atoms with Gasteiger partial charge in [0.15, 0.2) is 11.0 Å². The normalized spacial score (nSPS) is 18.7. The van der Waals surface area contributed by atoms with E-state index < -0.39 is 16.8 Å². The zero-order valence-electron chi connectivity index (χ0n) is 18.7. The van der Waals surface area contributed by atoms with Crippen molar-refractivity contribution in [2.75, 3.05) is 18.8 Å². The smallest absolute Gasteiger partial charge is 0.372 e. The number of aromatic nitrogens is 3. The van der Waals surface area contributed by atoms with Crippen LogP contribution in [0.3, 0.4) is 0 Å². The molecule has 1 aliphatic heterocycles. The molecule has 2 heterocycles. The fraction of sp³-hybridized carbons (Fsp3) is 0.348. The molecular formula is C23H21Cl2F3N4O2S. The van der Waals surface area contributed by atoms with Crippen LogP contribution in [0.15, 0.2) is 47.6 Å². The van der Waals surface area contributed by atoms with E-state index in [9.17, 15) is 18.0 Å². The van der Waals surface area contributed by atoms with Crippen LogP contribution in [0.5, 0.6) is 0 Å². The molecule has 3 aromatic rings. The number of hydrogen-bond acceptors (Lipinski definition) is 5. The number of rotatable bonds is 5. The second kappa shape index (κ2) is 10.4. The van der Waals surface area contributed by atoms with E-state index in [2.05, 4.69) is 10.2 Å². The third kappa shape index (κ3) is 5.94. The maximum atomic E-state index is 13.6. The molecule has 1 aromatic heterocycles. The second-order valence-electron chi connectivity index (χ2n) is 8.16. The Hall–Kier alpha value is -2.27. The van der Waals surface area contributed by atoms with E-state index in [1.165, 1.54) is 16.7 Å². The van der Waals surface area contributed by atoms with Gasteiger partial charge in [-0.2, -0.15) is 13.2 Å². The average molecular weight is 545 g/mol. The van der Waals surface area contributed by atoms with Gasteiger partial charge >= 0.3 is 6.18 Å². The minimum absolute atomic E-state index is 0.0346. The van der Waals surface area contributed by atoms with Crippen molar-refractivity contribution < 1.29 is 22.7 Å². The number of benzene rings is 2. The highest BCUT2D eigenvalue weighted by Crippen LogP contribution is 2.37. The van der Waals surface area contributed by atoms with Crippen LogP contribution in [0.25, 0.3) is 17.1 Å².